The Morgan fingerprint density at radius 1 is 0.821 bits per heavy atom. The van der Waals surface area contributed by atoms with Crippen LogP contribution in [0.25, 0.3) is 0 Å². The summed E-state index contributed by atoms with van der Waals surface area (Å²) in [6.07, 6.45) is -6.12. The SMILES string of the molecule is CCOC(=O)COc1c(Cl)c(CC)c(C(=O)OC2C(C)OC(OC/C3=C\C=C\C[C@H](O)/C(C)=C/[C@H](CC)[C@H](OC4OC(C)(C)C(OC(=O)C(C)C)C(O)C4O)/C(C)=C/C(C)=C/C[C@@H]([C@@H](C)O)OC3=O)C(OC)C2O)c(OCC(=O)OCC)c1Cl. The van der Waals surface area contributed by atoms with E-state index in [2.05, 4.69) is 0 Å². The van der Waals surface area contributed by atoms with Crippen molar-refractivity contribution in [3.8, 4) is 11.5 Å². The number of hydrogen-bond acceptors (Lipinski definition) is 22. The maximum atomic E-state index is 14.4. The zero-order valence-corrected chi connectivity index (χ0v) is 51.9. The Morgan fingerprint density at radius 3 is 2.02 bits per heavy atom. The van der Waals surface area contributed by atoms with Gasteiger partial charge in [-0.15, -0.1) is 0 Å². The third-order valence-corrected chi connectivity index (χ3v) is 15.0. The summed E-state index contributed by atoms with van der Waals surface area (Å²) < 4.78 is 69.5. The maximum Gasteiger partial charge on any atom is 0.344 e. The zero-order valence-electron chi connectivity index (χ0n) is 50.4. The predicted molar refractivity (Wildman–Crippen MR) is 306 cm³/mol. The number of carbonyl (C=O) groups is 5. The lowest BCUT2D eigenvalue weighted by Gasteiger charge is -2.47. The lowest BCUT2D eigenvalue weighted by molar-refractivity contribution is -0.333. The van der Waals surface area contributed by atoms with Crippen LogP contribution in [-0.2, 0) is 73.0 Å². The highest BCUT2D eigenvalue weighted by Gasteiger charge is 2.53. The number of halogens is 2. The molecule has 24 heteroatoms. The summed E-state index contributed by atoms with van der Waals surface area (Å²) in [5, 5.41) is 56.4. The van der Waals surface area contributed by atoms with Crippen molar-refractivity contribution in [2.75, 3.05) is 40.1 Å². The molecule has 3 aliphatic heterocycles. The standard InChI is InChI=1S/C60H86Cl2O22/c1-15-36-26-32(8)39(64)22-20-19-21-37(56(71)80-40(34(10)63)24-23-31(7)25-33(9)49(36)82-58-47(68)46(67)54(60(12,13)84-58)83-55(70)30(5)6)27-78-59-53(73-14)48(69)50(35(11)79-59)81-57(72)43-38(16-2)44(61)52(77-29-42(66)75-18-4)45(62)51(43)76-28-41(65)74-17-3/h19-21,23,25-26,30,34-36,39-40,46-50,53-54,58-59,63-64,67-69H,15-18,22,24,27-29H2,1-14H3/b20-19+,31-23+,32-26+,33-25+,37-21+/t34-,35?,36+,39+,40+,46?,47?,48?,49-,50?,53?,54?,58?,59?/m1/s1. The fourth-order valence-corrected chi connectivity index (χ4v) is 10.2. The topological polar surface area (TPSA) is 297 Å². The van der Waals surface area contributed by atoms with Gasteiger partial charge >= 0.3 is 29.8 Å². The van der Waals surface area contributed by atoms with Crippen LogP contribution in [0.15, 0.2) is 58.7 Å². The maximum absolute atomic E-state index is 14.4. The van der Waals surface area contributed by atoms with Crippen LogP contribution in [0.5, 0.6) is 11.5 Å². The predicted octanol–water partition coefficient (Wildman–Crippen LogP) is 6.71. The summed E-state index contributed by atoms with van der Waals surface area (Å²) >= 11 is 13.5. The second kappa shape index (κ2) is 33.2. The Balaban J connectivity index is 1.63. The number of cyclic esters (lactones) is 1. The second-order valence-corrected chi connectivity index (χ2v) is 22.3. The van der Waals surface area contributed by atoms with Gasteiger partial charge in [0.05, 0.1) is 60.8 Å². The third-order valence-electron chi connectivity index (χ3n) is 14.2. The molecule has 3 aliphatic rings. The molecule has 1 aromatic rings. The fourth-order valence-electron chi connectivity index (χ4n) is 9.51. The van der Waals surface area contributed by atoms with E-state index in [1.807, 2.05) is 26.0 Å². The second-order valence-electron chi connectivity index (χ2n) is 21.5. The molecule has 0 radical (unpaired) electrons. The number of aliphatic hydroxyl groups is 5. The van der Waals surface area contributed by atoms with Crippen LogP contribution in [-0.4, -0.2) is 181 Å². The minimum Gasteiger partial charge on any atom is -0.479 e. The van der Waals surface area contributed by atoms with Gasteiger partial charge in [0.15, 0.2) is 49.5 Å². The zero-order chi connectivity index (χ0) is 62.9. The number of benzene rings is 1. The average Bonchev–Trinajstić information content (AvgIpc) is 1.87. The van der Waals surface area contributed by atoms with E-state index in [4.69, 9.17) is 80.0 Å². The van der Waals surface area contributed by atoms with Crippen molar-refractivity contribution in [1.82, 2.24) is 0 Å². The lowest BCUT2D eigenvalue weighted by atomic mass is 9.88. The summed E-state index contributed by atoms with van der Waals surface area (Å²) in [6.45, 7) is 19.9. The highest BCUT2D eigenvalue weighted by molar-refractivity contribution is 6.39. The average molecular weight is 1230 g/mol. The molecule has 9 unspecified atom stereocenters. The summed E-state index contributed by atoms with van der Waals surface area (Å²) in [4.78, 5) is 65.8. The molecule has 0 aromatic heterocycles. The third kappa shape index (κ3) is 19.0. The van der Waals surface area contributed by atoms with Gasteiger partial charge in [-0.05, 0) is 104 Å². The number of hydrogen-bond donors (Lipinski definition) is 5. The number of carbonyl (C=O) groups excluding carboxylic acids is 5. The summed E-state index contributed by atoms with van der Waals surface area (Å²) in [7, 11) is 1.25. The van der Waals surface area contributed by atoms with Gasteiger partial charge in [-0.2, -0.15) is 0 Å². The van der Waals surface area contributed by atoms with Crippen molar-refractivity contribution >= 4 is 53.0 Å². The van der Waals surface area contributed by atoms with E-state index in [1.54, 1.807) is 74.5 Å². The molecule has 0 spiro atoms. The van der Waals surface area contributed by atoms with Crippen LogP contribution >= 0.6 is 23.2 Å². The molecular formula is C60H86Cl2O22. The molecule has 1 aromatic carbocycles. The molecule has 0 bridgehead atoms. The van der Waals surface area contributed by atoms with E-state index in [-0.39, 0.29) is 65.0 Å². The van der Waals surface area contributed by atoms with Crippen molar-refractivity contribution in [3.63, 3.8) is 0 Å². The van der Waals surface area contributed by atoms with E-state index in [0.717, 1.165) is 0 Å². The van der Waals surface area contributed by atoms with Crippen molar-refractivity contribution in [3.05, 3.63) is 79.9 Å². The fraction of sp³-hybridized carbons (Fsp3) is 0.650. The van der Waals surface area contributed by atoms with E-state index >= 15 is 0 Å². The van der Waals surface area contributed by atoms with Crippen LogP contribution in [0.2, 0.25) is 10.0 Å². The molecule has 2 fully saturated rings. The number of esters is 5. The quantitative estimate of drug-likeness (QED) is 0.0485. The number of aliphatic hydroxyl groups excluding tert-OH is 5. The highest BCUT2D eigenvalue weighted by Crippen LogP contribution is 2.47. The van der Waals surface area contributed by atoms with E-state index in [1.165, 1.54) is 33.1 Å². The van der Waals surface area contributed by atoms with E-state index in [9.17, 15) is 49.5 Å². The first kappa shape index (κ1) is 71.5. The first-order chi connectivity index (χ1) is 39.6. The number of allylic oxidation sites excluding steroid dienone is 4. The molecule has 14 atom stereocenters. The first-order valence-electron chi connectivity index (χ1n) is 28.2. The van der Waals surface area contributed by atoms with Crippen molar-refractivity contribution in [2.24, 2.45) is 11.8 Å². The molecule has 0 aliphatic carbocycles. The van der Waals surface area contributed by atoms with Crippen molar-refractivity contribution in [2.45, 2.75) is 201 Å². The smallest absolute Gasteiger partial charge is 0.344 e. The molecule has 3 heterocycles. The molecule has 4 rings (SSSR count). The minimum atomic E-state index is -1.65. The van der Waals surface area contributed by atoms with E-state index in [0.29, 0.717) is 23.1 Å². The molecule has 2 saturated heterocycles. The molecule has 0 amide bonds. The molecule has 0 saturated carbocycles. The Bertz CT molecular complexity index is 2570. The lowest BCUT2D eigenvalue weighted by Crippen LogP contribution is -2.64. The molecule has 22 nitrogen and oxygen atoms in total. The normalized spacial score (nSPS) is 31.3. The van der Waals surface area contributed by atoms with Gasteiger partial charge in [0, 0.05) is 19.4 Å². The van der Waals surface area contributed by atoms with Crippen molar-refractivity contribution in [1.29, 1.82) is 0 Å². The number of methoxy groups -OCH3 is 1. The molecular weight excluding hydrogens is 1140 g/mol. The van der Waals surface area contributed by atoms with Gasteiger partial charge in [-0.1, -0.05) is 86.9 Å². The van der Waals surface area contributed by atoms with Gasteiger partial charge in [-0.3, -0.25) is 4.79 Å². The molecule has 84 heavy (non-hydrogen) atoms. The molecule has 5 N–H and O–H groups in total. The highest BCUT2D eigenvalue weighted by atomic mass is 35.5. The molecule has 472 valence electrons. The van der Waals surface area contributed by atoms with Gasteiger partial charge in [0.1, 0.15) is 46.7 Å². The van der Waals surface area contributed by atoms with Crippen LogP contribution in [0.1, 0.15) is 125 Å². The van der Waals surface area contributed by atoms with Crippen molar-refractivity contribution < 1.29 is 106 Å². The largest absolute Gasteiger partial charge is 0.479 e. The van der Waals surface area contributed by atoms with Gasteiger partial charge < -0.3 is 82.4 Å². The Labute approximate surface area is 501 Å². The van der Waals surface area contributed by atoms with Crippen LogP contribution in [0, 0.1) is 11.8 Å². The van der Waals surface area contributed by atoms with Gasteiger partial charge in [0.25, 0.3) is 0 Å². The van der Waals surface area contributed by atoms with Crippen LogP contribution in [0.4, 0.5) is 0 Å². The monoisotopic (exact) mass is 1230 g/mol. The Kier molecular flexibility index (Phi) is 28.3. The summed E-state index contributed by atoms with van der Waals surface area (Å²) in [6, 6.07) is 0. The minimum absolute atomic E-state index is 0.0204. The number of rotatable bonds is 21. The summed E-state index contributed by atoms with van der Waals surface area (Å²) in [5.41, 5.74) is 0.342. The Hall–Kier alpha value is -4.95. The number of ether oxygens (including phenoxy) is 12. The van der Waals surface area contributed by atoms with Crippen LogP contribution < -0.4 is 9.47 Å². The van der Waals surface area contributed by atoms with E-state index < -0.39 is 153 Å². The Morgan fingerprint density at radius 2 is 1.45 bits per heavy atom. The van der Waals surface area contributed by atoms with Crippen LogP contribution in [0.3, 0.4) is 0 Å². The van der Waals surface area contributed by atoms with Gasteiger partial charge in [-0.25, -0.2) is 19.2 Å². The van der Waals surface area contributed by atoms with Gasteiger partial charge in [0.2, 0.25) is 0 Å². The summed E-state index contributed by atoms with van der Waals surface area (Å²) in [5.74, 6) is -5.65. The first-order valence-corrected chi connectivity index (χ1v) is 29.0.